The molecule has 0 rings (SSSR count). The number of carbonyl (C=O) groups is 1. The van der Waals surface area contributed by atoms with Crippen molar-refractivity contribution in [2.45, 2.75) is 26.7 Å². The lowest BCUT2D eigenvalue weighted by molar-refractivity contribution is -0.169. The molecule has 21 heavy (non-hydrogen) atoms. The maximum atomic E-state index is 13.2. The highest BCUT2D eigenvalue weighted by molar-refractivity contribution is 6.55. The first-order chi connectivity index (χ1) is 9.66. The molecule has 0 bridgehead atoms. The molecule has 0 spiro atoms. The highest BCUT2D eigenvalue weighted by atomic mass is 28.4. The first-order valence-electron chi connectivity index (χ1n) is 5.91. The average molecular weight is 338 g/mol. The molecule has 0 saturated carbocycles. The van der Waals surface area contributed by atoms with Gasteiger partial charge in [0.15, 0.2) is 0 Å². The van der Waals surface area contributed by atoms with Crippen LogP contribution in [0.15, 0.2) is 11.9 Å². The molecule has 11 heteroatoms. The number of halogens is 5. The first kappa shape index (κ1) is 20.0. The van der Waals surface area contributed by atoms with Crippen LogP contribution in [-0.4, -0.2) is 40.8 Å². The fourth-order valence-electron chi connectivity index (χ4n) is 1.13. The van der Waals surface area contributed by atoms with Crippen molar-refractivity contribution in [3.05, 3.63) is 11.9 Å². The van der Waals surface area contributed by atoms with Gasteiger partial charge in [0, 0.05) is 19.8 Å². The van der Waals surface area contributed by atoms with Gasteiger partial charge in [-0.3, -0.25) is 0 Å². The highest BCUT2D eigenvalue weighted by Gasteiger charge is 2.57. The number of rotatable bonds is 9. The molecular formula is C10H15F5O5Si. The van der Waals surface area contributed by atoms with E-state index in [0.29, 0.717) is 0 Å². The Morgan fingerprint density at radius 3 is 1.62 bits per heavy atom. The minimum atomic E-state index is -5.16. The maximum absolute atomic E-state index is 13.2. The zero-order valence-electron chi connectivity index (χ0n) is 11.6. The number of hydrogen-bond donors (Lipinski definition) is 0. The molecule has 0 aliphatic carbocycles. The lowest BCUT2D eigenvalue weighted by Gasteiger charge is -2.27. The van der Waals surface area contributed by atoms with Crippen LogP contribution in [-0.2, 0) is 22.5 Å². The zero-order chi connectivity index (χ0) is 16.7. The van der Waals surface area contributed by atoms with Gasteiger partial charge >= 0.3 is 27.0 Å². The van der Waals surface area contributed by atoms with Crippen LogP contribution in [0, 0.1) is 0 Å². The topological polar surface area (TPSA) is 54.0 Å². The molecule has 0 amide bonds. The van der Waals surface area contributed by atoms with Crippen LogP contribution in [0.5, 0.6) is 0 Å². The van der Waals surface area contributed by atoms with E-state index in [9.17, 15) is 26.7 Å². The van der Waals surface area contributed by atoms with Gasteiger partial charge in [0.1, 0.15) is 0 Å². The van der Waals surface area contributed by atoms with Crippen LogP contribution in [0.1, 0.15) is 20.8 Å². The largest absolute Gasteiger partial charge is 0.751 e. The predicted octanol–water partition coefficient (Wildman–Crippen LogP) is 2.79. The summed E-state index contributed by atoms with van der Waals surface area (Å²) in [5.41, 5.74) is 0. The summed E-state index contributed by atoms with van der Waals surface area (Å²) in [4.78, 5) is 11.3. The smallest absolute Gasteiger partial charge is 0.447 e. The van der Waals surface area contributed by atoms with Gasteiger partial charge in [0.05, 0.1) is 0 Å². The Hall–Kier alpha value is -1.04. The fourth-order valence-corrected chi connectivity index (χ4v) is 2.97. The first-order valence-corrected chi connectivity index (χ1v) is 7.54. The molecule has 0 aliphatic rings. The third-order valence-corrected chi connectivity index (χ3v) is 4.24. The summed E-state index contributed by atoms with van der Waals surface area (Å²) in [6.07, 6.45) is -3.33. The highest BCUT2D eigenvalue weighted by Crippen LogP contribution is 2.32. The summed E-state index contributed by atoms with van der Waals surface area (Å²) in [5, 5.41) is 0. The Bertz CT molecular complexity index is 369. The molecule has 5 nitrogen and oxygen atoms in total. The quantitative estimate of drug-likeness (QED) is 0.478. The van der Waals surface area contributed by atoms with E-state index in [-0.39, 0.29) is 19.8 Å². The van der Waals surface area contributed by atoms with Crippen LogP contribution >= 0.6 is 0 Å². The van der Waals surface area contributed by atoms with Gasteiger partial charge in [-0.05, 0) is 20.8 Å². The van der Waals surface area contributed by atoms with E-state index in [4.69, 9.17) is 13.3 Å². The predicted molar refractivity (Wildman–Crippen MR) is 62.0 cm³/mol. The minimum absolute atomic E-state index is 0.124. The molecule has 0 fully saturated rings. The third kappa shape index (κ3) is 5.34. The summed E-state index contributed by atoms with van der Waals surface area (Å²) in [5.74, 6) is -10.9. The van der Waals surface area contributed by atoms with E-state index in [1.165, 1.54) is 20.8 Å². The van der Waals surface area contributed by atoms with E-state index in [0.717, 1.165) is 0 Å². The molecule has 0 heterocycles. The summed E-state index contributed by atoms with van der Waals surface area (Å²) in [6, 6.07) is 0. The molecule has 0 radical (unpaired) electrons. The lowest BCUT2D eigenvalue weighted by atomic mass is 10.3. The van der Waals surface area contributed by atoms with Gasteiger partial charge in [0.2, 0.25) is 5.83 Å². The maximum Gasteiger partial charge on any atom is 0.751 e. The lowest BCUT2D eigenvalue weighted by Crippen LogP contribution is -2.53. The van der Waals surface area contributed by atoms with Crippen molar-refractivity contribution in [3.8, 4) is 0 Å². The van der Waals surface area contributed by atoms with Crippen molar-refractivity contribution in [3.63, 3.8) is 0 Å². The molecule has 0 aromatic carbocycles. The molecule has 0 saturated heterocycles. The van der Waals surface area contributed by atoms with Crippen LogP contribution in [0.2, 0.25) is 0 Å². The van der Waals surface area contributed by atoms with Gasteiger partial charge in [-0.25, -0.2) is 4.79 Å². The van der Waals surface area contributed by atoms with E-state index < -0.39 is 32.8 Å². The average Bonchev–Trinajstić information content (AvgIpc) is 2.38. The third-order valence-electron chi connectivity index (χ3n) is 1.88. The van der Waals surface area contributed by atoms with Gasteiger partial charge in [-0.1, -0.05) is 0 Å². The molecule has 0 unspecified atom stereocenters. The molecular weight excluding hydrogens is 323 g/mol. The Kier molecular flexibility index (Phi) is 7.99. The standard InChI is InChI=1S/C10H15F5O5Si/c1-4-17-21(18-5-2,19-6-3)20-9(16)10(14,15)7(11)8(12)13/h4-6H2,1-3H3. The van der Waals surface area contributed by atoms with Crippen molar-refractivity contribution in [1.82, 2.24) is 0 Å². The summed E-state index contributed by atoms with van der Waals surface area (Å²) in [6.45, 7) is 3.94. The summed E-state index contributed by atoms with van der Waals surface area (Å²) < 4.78 is 81.8. The van der Waals surface area contributed by atoms with Gasteiger partial charge in [-0.15, -0.1) is 0 Å². The fraction of sp³-hybridized carbons (Fsp3) is 0.700. The van der Waals surface area contributed by atoms with Crippen molar-refractivity contribution in [2.24, 2.45) is 0 Å². The second-order valence-corrected chi connectivity index (χ2v) is 5.41. The molecule has 124 valence electrons. The van der Waals surface area contributed by atoms with Crippen LogP contribution in [0.3, 0.4) is 0 Å². The zero-order valence-corrected chi connectivity index (χ0v) is 12.6. The van der Waals surface area contributed by atoms with Gasteiger partial charge < -0.3 is 17.7 Å². The molecule has 0 N–H and O–H groups in total. The summed E-state index contributed by atoms with van der Waals surface area (Å²) in [7, 11) is -4.31. The molecule has 0 aromatic heterocycles. The van der Waals surface area contributed by atoms with E-state index >= 15 is 0 Å². The van der Waals surface area contributed by atoms with Crippen LogP contribution < -0.4 is 0 Å². The Balaban J connectivity index is 5.33. The monoisotopic (exact) mass is 338 g/mol. The summed E-state index contributed by atoms with van der Waals surface area (Å²) >= 11 is 0. The Morgan fingerprint density at radius 2 is 1.33 bits per heavy atom. The second-order valence-electron chi connectivity index (χ2n) is 3.34. The minimum Gasteiger partial charge on any atom is -0.447 e. The van der Waals surface area contributed by atoms with Crippen molar-refractivity contribution < 1.29 is 44.5 Å². The Morgan fingerprint density at radius 1 is 0.952 bits per heavy atom. The number of alkyl halides is 2. The van der Waals surface area contributed by atoms with Gasteiger partial charge in [0.25, 0.3) is 0 Å². The number of hydrogen-bond acceptors (Lipinski definition) is 5. The molecule has 0 aliphatic heterocycles. The van der Waals surface area contributed by atoms with E-state index in [2.05, 4.69) is 4.43 Å². The van der Waals surface area contributed by atoms with Crippen molar-refractivity contribution >= 4 is 15.0 Å². The second kappa shape index (κ2) is 8.41. The molecule has 0 atom stereocenters. The van der Waals surface area contributed by atoms with Gasteiger partial charge in [-0.2, -0.15) is 22.0 Å². The van der Waals surface area contributed by atoms with E-state index in [1.807, 2.05) is 0 Å². The Labute approximate surface area is 119 Å². The van der Waals surface area contributed by atoms with E-state index in [1.54, 1.807) is 0 Å². The van der Waals surface area contributed by atoms with Crippen molar-refractivity contribution in [1.29, 1.82) is 0 Å². The number of carbonyl (C=O) groups excluding carboxylic acids is 1. The molecule has 0 aromatic rings. The van der Waals surface area contributed by atoms with Crippen LogP contribution in [0.25, 0.3) is 0 Å². The van der Waals surface area contributed by atoms with Crippen LogP contribution in [0.4, 0.5) is 22.0 Å². The SMILES string of the molecule is CCO[Si](OCC)(OCC)OC(=O)C(F)(F)C(F)=C(F)F. The van der Waals surface area contributed by atoms with Crippen molar-refractivity contribution in [2.75, 3.05) is 19.8 Å². The normalized spacial score (nSPS) is 12.2.